The van der Waals surface area contributed by atoms with E-state index in [1.165, 1.54) is 0 Å². The van der Waals surface area contributed by atoms with Crippen LogP contribution in [0.4, 0.5) is 19.1 Å². The molecule has 2 aliphatic heterocycles. The Morgan fingerprint density at radius 2 is 2.03 bits per heavy atom. The number of hydrogen-bond donors (Lipinski definition) is 3. The van der Waals surface area contributed by atoms with E-state index < -0.39 is 17.5 Å². The quantitative estimate of drug-likeness (QED) is 0.516. The summed E-state index contributed by atoms with van der Waals surface area (Å²) in [7, 11) is 0. The zero-order chi connectivity index (χ0) is 23.8. The summed E-state index contributed by atoms with van der Waals surface area (Å²) in [5.41, 5.74) is 1.86. The molecule has 2 fully saturated rings. The summed E-state index contributed by atoms with van der Waals surface area (Å²) in [6.45, 7) is 8.02. The zero-order valence-corrected chi connectivity index (χ0v) is 20.2. The molecule has 3 N–H and O–H groups in total. The Kier molecular flexibility index (Phi) is 7.29. The average molecular weight is 487 g/mol. The number of aromatic nitrogens is 2. The van der Waals surface area contributed by atoms with E-state index >= 15 is 0 Å². The summed E-state index contributed by atoms with van der Waals surface area (Å²) >= 11 is 6.26. The molecule has 0 aromatic carbocycles. The van der Waals surface area contributed by atoms with E-state index in [0.717, 1.165) is 43.1 Å². The zero-order valence-electron chi connectivity index (χ0n) is 19.4. The van der Waals surface area contributed by atoms with Crippen LogP contribution in [0.1, 0.15) is 76.2 Å². The molecule has 1 saturated carbocycles. The Balaban J connectivity index is 1.66. The molecule has 184 valence electrons. The van der Waals surface area contributed by atoms with Crippen LogP contribution in [0.3, 0.4) is 0 Å². The maximum absolute atomic E-state index is 13.5. The fourth-order valence-corrected chi connectivity index (χ4v) is 5.60. The van der Waals surface area contributed by atoms with Crippen LogP contribution < -0.4 is 16.0 Å². The Hall–Kier alpha value is -1.74. The fraction of sp³-hybridized carbons (Fsp3) is 0.739. The maximum atomic E-state index is 13.5. The summed E-state index contributed by atoms with van der Waals surface area (Å²) in [4.78, 5) is 9.48. The van der Waals surface area contributed by atoms with Gasteiger partial charge < -0.3 is 20.5 Å². The molecule has 1 aliphatic carbocycles. The van der Waals surface area contributed by atoms with Crippen LogP contribution in [-0.4, -0.2) is 52.5 Å². The van der Waals surface area contributed by atoms with Crippen LogP contribution in [0, 0.1) is 5.92 Å². The van der Waals surface area contributed by atoms with Crippen molar-refractivity contribution in [2.45, 2.75) is 88.5 Å². The number of fused-ring (bicyclic) bond motifs is 1. The first-order chi connectivity index (χ1) is 15.6. The minimum absolute atomic E-state index is 0.0147. The van der Waals surface area contributed by atoms with Crippen molar-refractivity contribution >= 4 is 23.8 Å². The van der Waals surface area contributed by atoms with Gasteiger partial charge in [0.15, 0.2) is 0 Å². The maximum Gasteiger partial charge on any atom is 0.391 e. The van der Waals surface area contributed by atoms with Gasteiger partial charge in [0.25, 0.3) is 0 Å². The number of aliphatic imine (C=N–C) groups is 1. The van der Waals surface area contributed by atoms with Crippen molar-refractivity contribution in [2.75, 3.05) is 18.4 Å². The molecule has 3 heterocycles. The van der Waals surface area contributed by atoms with E-state index in [4.69, 9.17) is 16.6 Å². The van der Waals surface area contributed by atoms with Gasteiger partial charge in [-0.1, -0.05) is 6.92 Å². The van der Waals surface area contributed by atoms with Crippen LogP contribution >= 0.6 is 11.6 Å². The molecular weight excluding hydrogens is 453 g/mol. The molecule has 4 rings (SSSR count). The molecule has 0 radical (unpaired) electrons. The highest BCUT2D eigenvalue weighted by molar-refractivity contribution is 6.20. The molecule has 33 heavy (non-hydrogen) atoms. The van der Waals surface area contributed by atoms with Crippen molar-refractivity contribution < 1.29 is 13.2 Å². The van der Waals surface area contributed by atoms with Crippen molar-refractivity contribution in [3.8, 4) is 0 Å². The van der Waals surface area contributed by atoms with Crippen LogP contribution in [0.15, 0.2) is 16.9 Å². The Bertz CT molecular complexity index is 887. The van der Waals surface area contributed by atoms with Crippen LogP contribution in [0.5, 0.6) is 0 Å². The standard InChI is InChI=1S/C23H34ClF3N6/c1-13(2)30-20-5-4-14(3)21-19(12-29-20)32-22(33(21)18-6-7-28-11-18)31-17-9-15(23(25,26)27)8-16(24)10-17/h5,12-18,28,30H,4,6-11H2,1-3H3,(H,31,32)/b20-5-,29-12-. The second kappa shape index (κ2) is 9.86. The lowest BCUT2D eigenvalue weighted by Gasteiger charge is -2.34. The molecule has 1 saturated heterocycles. The van der Waals surface area contributed by atoms with Gasteiger partial charge in [-0.3, -0.25) is 0 Å². The normalized spacial score (nSPS) is 33.1. The van der Waals surface area contributed by atoms with Gasteiger partial charge in [0.2, 0.25) is 5.95 Å². The van der Waals surface area contributed by atoms with Gasteiger partial charge in [0.1, 0.15) is 11.5 Å². The number of alkyl halides is 4. The van der Waals surface area contributed by atoms with Crippen LogP contribution in [-0.2, 0) is 0 Å². The highest BCUT2D eigenvalue weighted by Crippen LogP contribution is 2.41. The van der Waals surface area contributed by atoms with Crippen molar-refractivity contribution in [3.05, 3.63) is 23.3 Å². The van der Waals surface area contributed by atoms with Crippen molar-refractivity contribution in [1.82, 2.24) is 20.2 Å². The first kappa shape index (κ1) is 24.4. The van der Waals surface area contributed by atoms with Crippen molar-refractivity contribution in [3.63, 3.8) is 0 Å². The third-order valence-electron chi connectivity index (χ3n) is 6.72. The molecule has 0 spiro atoms. The van der Waals surface area contributed by atoms with Crippen LogP contribution in [0.25, 0.3) is 0 Å². The fourth-order valence-electron chi connectivity index (χ4n) is 5.17. The van der Waals surface area contributed by atoms with Crippen molar-refractivity contribution in [1.29, 1.82) is 0 Å². The van der Waals surface area contributed by atoms with E-state index in [2.05, 4.69) is 52.4 Å². The largest absolute Gasteiger partial charge is 0.391 e. The van der Waals surface area contributed by atoms with Gasteiger partial charge in [0.05, 0.1) is 23.9 Å². The minimum Gasteiger partial charge on any atom is -0.368 e. The molecule has 0 bridgehead atoms. The lowest BCUT2D eigenvalue weighted by atomic mass is 9.85. The highest BCUT2D eigenvalue weighted by atomic mass is 35.5. The van der Waals surface area contributed by atoms with Crippen LogP contribution in [0.2, 0.25) is 0 Å². The highest BCUT2D eigenvalue weighted by Gasteiger charge is 2.45. The number of nitrogens with one attached hydrogen (secondary N) is 3. The molecule has 5 unspecified atom stereocenters. The van der Waals surface area contributed by atoms with Gasteiger partial charge in [-0.2, -0.15) is 13.2 Å². The summed E-state index contributed by atoms with van der Waals surface area (Å²) in [6.07, 6.45) is 1.87. The predicted octanol–water partition coefficient (Wildman–Crippen LogP) is 4.93. The second-order valence-electron chi connectivity index (χ2n) is 9.89. The van der Waals surface area contributed by atoms with E-state index in [1.807, 2.05) is 0 Å². The second-order valence-corrected chi connectivity index (χ2v) is 10.5. The Morgan fingerprint density at radius 1 is 1.24 bits per heavy atom. The molecular formula is C23H34ClF3N6. The van der Waals surface area contributed by atoms with Gasteiger partial charge in [0, 0.05) is 29.9 Å². The predicted molar refractivity (Wildman–Crippen MR) is 126 cm³/mol. The average Bonchev–Trinajstić information content (AvgIpc) is 3.35. The summed E-state index contributed by atoms with van der Waals surface area (Å²) in [5.74, 6) is 0.246. The lowest BCUT2D eigenvalue weighted by molar-refractivity contribution is -0.182. The SMILES string of the molecule is CC(C)NC1=C\CC(C)c2c(nc(NC3CC(Cl)CC(C(F)(F)F)C3)n2C2CCNC2)/C=N\1. The monoisotopic (exact) mass is 486 g/mol. The van der Waals surface area contributed by atoms with Gasteiger partial charge >= 0.3 is 6.18 Å². The van der Waals surface area contributed by atoms with E-state index in [0.29, 0.717) is 12.4 Å². The summed E-state index contributed by atoms with van der Waals surface area (Å²) in [5, 5.41) is 9.61. The minimum atomic E-state index is -4.24. The van der Waals surface area contributed by atoms with Crippen molar-refractivity contribution in [2.24, 2.45) is 10.9 Å². The molecule has 1 aromatic heterocycles. The first-order valence-electron chi connectivity index (χ1n) is 11.9. The number of allylic oxidation sites excluding steroid dienone is 1. The van der Waals surface area contributed by atoms with E-state index in [9.17, 15) is 13.2 Å². The number of rotatable bonds is 5. The van der Waals surface area contributed by atoms with Gasteiger partial charge in [-0.15, -0.1) is 11.6 Å². The number of imidazole rings is 1. The Labute approximate surface area is 198 Å². The molecule has 3 aliphatic rings. The molecule has 6 nitrogen and oxygen atoms in total. The topological polar surface area (TPSA) is 66.3 Å². The smallest absolute Gasteiger partial charge is 0.368 e. The summed E-state index contributed by atoms with van der Waals surface area (Å²) < 4.78 is 42.6. The third kappa shape index (κ3) is 5.67. The van der Waals surface area contributed by atoms with Gasteiger partial charge in [-0.05, 0) is 58.6 Å². The Morgan fingerprint density at radius 3 is 2.70 bits per heavy atom. The van der Waals surface area contributed by atoms with E-state index in [-0.39, 0.29) is 36.9 Å². The van der Waals surface area contributed by atoms with E-state index in [1.54, 1.807) is 6.21 Å². The summed E-state index contributed by atoms with van der Waals surface area (Å²) in [6, 6.07) is 0.0844. The van der Waals surface area contributed by atoms with Gasteiger partial charge in [-0.25, -0.2) is 9.98 Å². The third-order valence-corrected chi connectivity index (χ3v) is 7.07. The molecule has 10 heteroatoms. The number of hydrogen-bond acceptors (Lipinski definition) is 5. The molecule has 5 atom stereocenters. The lowest BCUT2D eigenvalue weighted by Crippen LogP contribution is -2.39. The molecule has 1 aromatic rings. The number of nitrogens with zero attached hydrogens (tertiary/aromatic N) is 3. The molecule has 0 amide bonds. The number of anilines is 1. The first-order valence-corrected chi connectivity index (χ1v) is 12.4. The number of halogens is 4.